The normalized spacial score (nSPS) is 16.0. The highest BCUT2D eigenvalue weighted by molar-refractivity contribution is 6.05. The van der Waals surface area contributed by atoms with Gasteiger partial charge in [0.25, 0.3) is 5.91 Å². The number of benzene rings is 2. The van der Waals surface area contributed by atoms with Crippen molar-refractivity contribution in [1.29, 1.82) is 0 Å². The van der Waals surface area contributed by atoms with Crippen molar-refractivity contribution >= 4 is 11.6 Å². The highest BCUT2D eigenvalue weighted by Crippen LogP contribution is 2.32. The minimum absolute atomic E-state index is 0.0815. The second kappa shape index (κ2) is 6.77. The van der Waals surface area contributed by atoms with Gasteiger partial charge < -0.3 is 4.90 Å². The van der Waals surface area contributed by atoms with Crippen LogP contribution in [0, 0.1) is 0 Å². The minimum Gasteiger partial charge on any atom is -0.304 e. The molecule has 7 nitrogen and oxygen atoms in total. The van der Waals surface area contributed by atoms with Crippen molar-refractivity contribution < 1.29 is 4.79 Å². The molecule has 0 radical (unpaired) electrons. The Morgan fingerprint density at radius 2 is 1.79 bits per heavy atom. The molecule has 2 aromatic heterocycles. The number of fused-ring (bicyclic) bond motifs is 1. The summed E-state index contributed by atoms with van der Waals surface area (Å²) in [5.74, 6) is -0.161. The van der Waals surface area contributed by atoms with Crippen LogP contribution in [0.25, 0.3) is 5.69 Å². The molecule has 1 unspecified atom stereocenters. The summed E-state index contributed by atoms with van der Waals surface area (Å²) in [4.78, 5) is 16.6. The summed E-state index contributed by atoms with van der Waals surface area (Å²) in [7, 11) is 0. The zero-order chi connectivity index (χ0) is 18.9. The fraction of sp³-hybridized carbons (Fsp3) is 0.143. The smallest absolute Gasteiger partial charge is 0.280 e. The monoisotopic (exact) mass is 370 g/mol. The number of carbonyl (C=O) groups excluding carboxylic acids is 1. The Morgan fingerprint density at radius 3 is 2.61 bits per heavy atom. The Balaban J connectivity index is 1.49. The van der Waals surface area contributed by atoms with Crippen LogP contribution in [0.5, 0.6) is 0 Å². The fourth-order valence-electron chi connectivity index (χ4n) is 3.63. The van der Waals surface area contributed by atoms with E-state index in [9.17, 15) is 4.79 Å². The van der Waals surface area contributed by atoms with Crippen molar-refractivity contribution in [1.82, 2.24) is 24.8 Å². The van der Waals surface area contributed by atoms with Crippen LogP contribution >= 0.6 is 0 Å². The Kier molecular flexibility index (Phi) is 3.97. The molecule has 138 valence electrons. The van der Waals surface area contributed by atoms with E-state index in [1.807, 2.05) is 65.5 Å². The quantitative estimate of drug-likeness (QED) is 0.556. The molecule has 0 bridgehead atoms. The van der Waals surface area contributed by atoms with Gasteiger partial charge in [0.1, 0.15) is 0 Å². The standard InChI is InChI=1S/C21H18N6O/c28-21(19-14-23-27(24-19)17-8-2-1-3-9-17)25-15-18(26-12-6-11-22-26)13-16-7-4-5-10-20(16)25/h1-12,14,18H,13,15H2. The number of aromatic nitrogens is 5. The van der Waals surface area contributed by atoms with Crippen LogP contribution < -0.4 is 4.90 Å². The molecule has 5 rings (SSSR count). The maximum atomic E-state index is 13.3. The average Bonchev–Trinajstić information content (AvgIpc) is 3.45. The molecule has 1 atom stereocenters. The summed E-state index contributed by atoms with van der Waals surface area (Å²) >= 11 is 0. The van der Waals surface area contributed by atoms with Crippen LogP contribution in [-0.4, -0.2) is 37.2 Å². The van der Waals surface area contributed by atoms with Gasteiger partial charge in [0.2, 0.25) is 0 Å². The summed E-state index contributed by atoms with van der Waals surface area (Å²) in [6.45, 7) is 0.537. The van der Waals surface area contributed by atoms with Gasteiger partial charge in [-0.1, -0.05) is 36.4 Å². The lowest BCUT2D eigenvalue weighted by Crippen LogP contribution is -2.41. The molecule has 7 heteroatoms. The molecular weight excluding hydrogens is 352 g/mol. The molecule has 0 aliphatic carbocycles. The second-order valence-electron chi connectivity index (χ2n) is 6.74. The number of rotatable bonds is 3. The molecular formula is C21H18N6O. The van der Waals surface area contributed by atoms with Crippen LogP contribution in [0.3, 0.4) is 0 Å². The minimum atomic E-state index is -0.161. The highest BCUT2D eigenvalue weighted by Gasteiger charge is 2.31. The van der Waals surface area contributed by atoms with Gasteiger partial charge >= 0.3 is 0 Å². The predicted octanol–water partition coefficient (Wildman–Crippen LogP) is 2.91. The topological polar surface area (TPSA) is 68.8 Å². The number of hydrogen-bond donors (Lipinski definition) is 0. The lowest BCUT2D eigenvalue weighted by atomic mass is 9.97. The summed E-state index contributed by atoms with van der Waals surface area (Å²) < 4.78 is 1.91. The van der Waals surface area contributed by atoms with Crippen molar-refractivity contribution in [3.8, 4) is 5.69 Å². The van der Waals surface area contributed by atoms with E-state index >= 15 is 0 Å². The maximum Gasteiger partial charge on any atom is 0.280 e. The second-order valence-corrected chi connectivity index (χ2v) is 6.74. The summed E-state index contributed by atoms with van der Waals surface area (Å²) in [5.41, 5.74) is 3.18. The maximum absolute atomic E-state index is 13.3. The molecule has 1 aliphatic heterocycles. The molecule has 0 saturated carbocycles. The first-order valence-electron chi connectivity index (χ1n) is 9.16. The average molecular weight is 370 g/mol. The third kappa shape index (κ3) is 2.87. The zero-order valence-electron chi connectivity index (χ0n) is 15.1. The molecule has 0 fully saturated rings. The number of anilines is 1. The van der Waals surface area contributed by atoms with E-state index < -0.39 is 0 Å². The fourth-order valence-corrected chi connectivity index (χ4v) is 3.63. The highest BCUT2D eigenvalue weighted by atomic mass is 16.2. The molecule has 0 N–H and O–H groups in total. The lowest BCUT2D eigenvalue weighted by molar-refractivity contribution is 0.0974. The van der Waals surface area contributed by atoms with E-state index in [1.165, 1.54) is 11.0 Å². The molecule has 28 heavy (non-hydrogen) atoms. The molecule has 4 aromatic rings. The number of nitrogens with zero attached hydrogens (tertiary/aromatic N) is 6. The van der Waals surface area contributed by atoms with E-state index in [0.29, 0.717) is 12.2 Å². The van der Waals surface area contributed by atoms with E-state index in [1.54, 1.807) is 11.1 Å². The van der Waals surface area contributed by atoms with Gasteiger partial charge in [-0.05, 0) is 36.2 Å². The third-order valence-corrected chi connectivity index (χ3v) is 4.97. The van der Waals surface area contributed by atoms with Crippen LogP contribution in [-0.2, 0) is 6.42 Å². The predicted molar refractivity (Wildman–Crippen MR) is 104 cm³/mol. The van der Waals surface area contributed by atoms with Crippen molar-refractivity contribution in [3.63, 3.8) is 0 Å². The number of carbonyl (C=O) groups is 1. The molecule has 0 saturated heterocycles. The molecule has 1 amide bonds. The summed E-state index contributed by atoms with van der Waals surface area (Å²) in [6.07, 6.45) is 6.05. The molecule has 1 aliphatic rings. The molecule has 2 aromatic carbocycles. The van der Waals surface area contributed by atoms with Gasteiger partial charge in [-0.3, -0.25) is 9.48 Å². The van der Waals surface area contributed by atoms with Gasteiger partial charge in [0.15, 0.2) is 5.69 Å². The first-order chi connectivity index (χ1) is 13.8. The van der Waals surface area contributed by atoms with Crippen LogP contribution in [0.1, 0.15) is 22.1 Å². The Labute approximate surface area is 161 Å². The molecule has 3 heterocycles. The van der Waals surface area contributed by atoms with Gasteiger partial charge in [0, 0.05) is 24.6 Å². The number of para-hydroxylation sites is 2. The Bertz CT molecular complexity index is 1100. The third-order valence-electron chi connectivity index (χ3n) is 4.97. The lowest BCUT2D eigenvalue weighted by Gasteiger charge is -2.34. The van der Waals surface area contributed by atoms with Gasteiger partial charge in [-0.15, -0.1) is 5.10 Å². The van der Waals surface area contributed by atoms with E-state index in [-0.39, 0.29) is 11.9 Å². The largest absolute Gasteiger partial charge is 0.304 e. The van der Waals surface area contributed by atoms with Crippen LogP contribution in [0.15, 0.2) is 79.3 Å². The van der Waals surface area contributed by atoms with Gasteiger partial charge in [-0.25, -0.2) is 0 Å². The summed E-state index contributed by atoms with van der Waals surface area (Å²) in [6, 6.07) is 19.5. The van der Waals surface area contributed by atoms with Crippen molar-refractivity contribution in [2.45, 2.75) is 12.5 Å². The van der Waals surface area contributed by atoms with E-state index in [4.69, 9.17) is 0 Å². The molecule has 0 spiro atoms. The number of amides is 1. The number of hydrogen-bond acceptors (Lipinski definition) is 4. The van der Waals surface area contributed by atoms with Gasteiger partial charge in [-0.2, -0.15) is 15.0 Å². The zero-order valence-corrected chi connectivity index (χ0v) is 15.1. The van der Waals surface area contributed by atoms with Crippen molar-refractivity contribution in [2.75, 3.05) is 11.4 Å². The SMILES string of the molecule is O=C(c1cnn(-c2ccccc2)n1)N1CC(n2cccn2)Cc2ccccc21. The van der Waals surface area contributed by atoms with Crippen LogP contribution in [0.2, 0.25) is 0 Å². The first-order valence-corrected chi connectivity index (χ1v) is 9.16. The van der Waals surface area contributed by atoms with E-state index in [2.05, 4.69) is 21.4 Å². The van der Waals surface area contributed by atoms with Crippen molar-refractivity contribution in [3.05, 3.63) is 90.5 Å². The van der Waals surface area contributed by atoms with Crippen LogP contribution in [0.4, 0.5) is 5.69 Å². The van der Waals surface area contributed by atoms with Gasteiger partial charge in [0.05, 0.1) is 17.9 Å². The Morgan fingerprint density at radius 1 is 0.964 bits per heavy atom. The Hall–Kier alpha value is -3.74. The van der Waals surface area contributed by atoms with Crippen molar-refractivity contribution in [2.24, 2.45) is 0 Å². The van der Waals surface area contributed by atoms with E-state index in [0.717, 1.165) is 23.4 Å². The first kappa shape index (κ1) is 16.4. The summed E-state index contributed by atoms with van der Waals surface area (Å²) in [5, 5.41) is 13.0.